The maximum absolute atomic E-state index is 13.7. The summed E-state index contributed by atoms with van der Waals surface area (Å²) in [5, 5.41) is 31.4. The lowest BCUT2D eigenvalue weighted by Crippen LogP contribution is -2.42. The molecule has 1 aliphatic heterocycles. The fourth-order valence-corrected chi connectivity index (χ4v) is 7.31. The number of amides is 1. The van der Waals surface area contributed by atoms with E-state index in [9.17, 15) is 14.9 Å². The zero-order chi connectivity index (χ0) is 29.3. The van der Waals surface area contributed by atoms with E-state index in [4.69, 9.17) is 10.5 Å². The average Bonchev–Trinajstić information content (AvgIpc) is 3.60. The van der Waals surface area contributed by atoms with E-state index in [1.165, 1.54) is 34.4 Å². The standard InChI is InChI=1S/C27H28N8O3S3/c1-5-20-31-32-24(40-20)30-19(37)13-39-26-34-33-25(41-26)35-17-10-27(2,3)11-18(36)22(17)21(16(12-28)23(35)29)14-6-8-15(38-4)9-7-14/h6-9,21H,5,10-11,13,29H2,1-4H3,(H,30,32,37). The van der Waals surface area contributed by atoms with E-state index >= 15 is 0 Å². The van der Waals surface area contributed by atoms with Crippen LogP contribution in [0.2, 0.25) is 0 Å². The second-order valence-corrected chi connectivity index (χ2v) is 13.5. The summed E-state index contributed by atoms with van der Waals surface area (Å²) in [5.41, 5.74) is 8.70. The summed E-state index contributed by atoms with van der Waals surface area (Å²) in [6.45, 7) is 6.05. The van der Waals surface area contributed by atoms with E-state index in [1.54, 1.807) is 12.0 Å². The number of carbonyl (C=O) groups is 2. The number of allylic oxidation sites excluding steroid dienone is 3. The highest BCUT2D eigenvalue weighted by molar-refractivity contribution is 8.01. The van der Waals surface area contributed by atoms with Gasteiger partial charge in [0.2, 0.25) is 16.2 Å². The van der Waals surface area contributed by atoms with Crippen LogP contribution >= 0.6 is 34.4 Å². The third-order valence-electron chi connectivity index (χ3n) is 6.76. The minimum absolute atomic E-state index is 0.0268. The summed E-state index contributed by atoms with van der Waals surface area (Å²) in [5.74, 6) is 0.130. The molecule has 0 spiro atoms. The minimum atomic E-state index is -0.597. The molecule has 3 heterocycles. The Morgan fingerprint density at radius 2 is 1.98 bits per heavy atom. The molecule has 0 saturated heterocycles. The van der Waals surface area contributed by atoms with E-state index in [1.807, 2.05) is 45.0 Å². The van der Waals surface area contributed by atoms with Crippen molar-refractivity contribution in [3.05, 3.63) is 57.5 Å². The second-order valence-electron chi connectivity index (χ2n) is 10.3. The number of Topliss-reactive ketones (excluding diaryl/α,β-unsaturated/α-hetero) is 1. The van der Waals surface area contributed by atoms with Gasteiger partial charge in [0.05, 0.1) is 30.4 Å². The number of ketones is 1. The molecule has 3 aromatic rings. The normalized spacial score (nSPS) is 18.3. The smallest absolute Gasteiger partial charge is 0.236 e. The molecule has 1 aromatic carbocycles. The van der Waals surface area contributed by atoms with Crippen molar-refractivity contribution in [3.8, 4) is 11.8 Å². The lowest BCUT2D eigenvalue weighted by atomic mass is 9.68. The number of anilines is 2. The van der Waals surface area contributed by atoms with Crippen LogP contribution in [0.5, 0.6) is 5.75 Å². The quantitative estimate of drug-likeness (QED) is 0.343. The van der Waals surface area contributed by atoms with Crippen LogP contribution in [0.4, 0.5) is 10.3 Å². The zero-order valence-electron chi connectivity index (χ0n) is 22.9. The number of benzene rings is 1. The van der Waals surface area contributed by atoms with Crippen LogP contribution in [0.25, 0.3) is 0 Å². The summed E-state index contributed by atoms with van der Waals surface area (Å²) in [6.07, 6.45) is 1.66. The molecule has 1 amide bonds. The number of carbonyl (C=O) groups excluding carboxylic acids is 2. The number of aromatic nitrogens is 4. The van der Waals surface area contributed by atoms with Gasteiger partial charge in [-0.15, -0.1) is 20.4 Å². The van der Waals surface area contributed by atoms with E-state index in [2.05, 4.69) is 31.8 Å². The van der Waals surface area contributed by atoms with Crippen LogP contribution in [0.3, 0.4) is 0 Å². The Hall–Kier alpha value is -3.80. The van der Waals surface area contributed by atoms with Gasteiger partial charge in [-0.1, -0.05) is 67.3 Å². The first-order valence-corrected chi connectivity index (χ1v) is 15.4. The fraction of sp³-hybridized carbons (Fsp3) is 0.370. The van der Waals surface area contributed by atoms with Crippen molar-refractivity contribution in [2.75, 3.05) is 23.1 Å². The molecule has 11 nitrogen and oxygen atoms in total. The number of hydrogen-bond acceptors (Lipinski definition) is 13. The Labute approximate surface area is 249 Å². The van der Waals surface area contributed by atoms with Crippen LogP contribution in [-0.4, -0.2) is 44.9 Å². The highest BCUT2D eigenvalue weighted by atomic mass is 32.2. The number of thioether (sulfide) groups is 1. The number of nitrogens with two attached hydrogens (primary N) is 1. The monoisotopic (exact) mass is 608 g/mol. The van der Waals surface area contributed by atoms with Gasteiger partial charge in [0.25, 0.3) is 0 Å². The van der Waals surface area contributed by atoms with Crippen LogP contribution in [0, 0.1) is 16.7 Å². The van der Waals surface area contributed by atoms with Gasteiger partial charge in [0, 0.05) is 17.7 Å². The van der Waals surface area contributed by atoms with Crippen LogP contribution < -0.4 is 20.7 Å². The molecule has 1 atom stereocenters. The molecule has 1 unspecified atom stereocenters. The molecule has 41 heavy (non-hydrogen) atoms. The Bertz CT molecular complexity index is 1600. The SMILES string of the molecule is CCc1nnc(NC(=O)CSc2nnc(N3C(N)=C(C#N)C(c4ccc(OC)cc4)C4=C3CC(C)(C)CC4=O)s2)s1. The van der Waals surface area contributed by atoms with E-state index in [-0.39, 0.29) is 34.3 Å². The van der Waals surface area contributed by atoms with Gasteiger partial charge in [0.15, 0.2) is 10.1 Å². The first-order valence-electron chi connectivity index (χ1n) is 12.8. The van der Waals surface area contributed by atoms with Crippen molar-refractivity contribution in [2.24, 2.45) is 11.1 Å². The van der Waals surface area contributed by atoms with Gasteiger partial charge >= 0.3 is 0 Å². The Kier molecular flexibility index (Phi) is 8.12. The molecule has 0 radical (unpaired) electrons. The van der Waals surface area contributed by atoms with Gasteiger partial charge in [-0.2, -0.15) is 5.26 Å². The number of methoxy groups -OCH3 is 1. The van der Waals surface area contributed by atoms with Crippen molar-refractivity contribution < 1.29 is 14.3 Å². The molecule has 2 aromatic heterocycles. The van der Waals surface area contributed by atoms with Gasteiger partial charge in [0.1, 0.15) is 16.6 Å². The molecule has 3 N–H and O–H groups in total. The average molecular weight is 609 g/mol. The highest BCUT2D eigenvalue weighted by Gasteiger charge is 2.45. The molecule has 1 aliphatic carbocycles. The maximum atomic E-state index is 13.7. The van der Waals surface area contributed by atoms with Crippen LogP contribution in [-0.2, 0) is 16.0 Å². The largest absolute Gasteiger partial charge is 0.497 e. The minimum Gasteiger partial charge on any atom is -0.497 e. The van der Waals surface area contributed by atoms with Crippen molar-refractivity contribution >= 4 is 56.4 Å². The Morgan fingerprint density at radius 1 is 1.22 bits per heavy atom. The Balaban J connectivity index is 1.45. The van der Waals surface area contributed by atoms with Crippen molar-refractivity contribution in [1.82, 2.24) is 20.4 Å². The summed E-state index contributed by atoms with van der Waals surface area (Å²) in [4.78, 5) is 27.8. The predicted octanol–water partition coefficient (Wildman–Crippen LogP) is 4.63. The van der Waals surface area contributed by atoms with E-state index in [0.717, 1.165) is 22.7 Å². The van der Waals surface area contributed by atoms with Crippen LogP contribution in [0.15, 0.2) is 51.3 Å². The number of aryl methyl sites for hydroxylation is 1. The third kappa shape index (κ3) is 5.83. The summed E-state index contributed by atoms with van der Waals surface area (Å²) in [7, 11) is 1.58. The van der Waals surface area contributed by atoms with E-state index in [0.29, 0.717) is 38.8 Å². The first kappa shape index (κ1) is 28.7. The fourth-order valence-electron chi connectivity index (χ4n) is 4.94. The van der Waals surface area contributed by atoms with Gasteiger partial charge in [-0.25, -0.2) is 0 Å². The lowest BCUT2D eigenvalue weighted by molar-refractivity contribution is -0.118. The number of ether oxygens (including phenoxy) is 1. The molecule has 0 fully saturated rings. The molecular formula is C27H28N8O3S3. The molecule has 0 bridgehead atoms. The molecule has 2 aliphatic rings. The number of nitrogens with zero attached hydrogens (tertiary/aromatic N) is 6. The molecule has 14 heteroatoms. The maximum Gasteiger partial charge on any atom is 0.236 e. The number of rotatable bonds is 8. The summed E-state index contributed by atoms with van der Waals surface area (Å²) < 4.78 is 5.85. The van der Waals surface area contributed by atoms with Gasteiger partial charge in [-0.05, 0) is 36.0 Å². The molecule has 212 valence electrons. The van der Waals surface area contributed by atoms with Crippen molar-refractivity contribution in [3.63, 3.8) is 0 Å². The topological polar surface area (TPSA) is 160 Å². The van der Waals surface area contributed by atoms with Crippen molar-refractivity contribution in [2.45, 2.75) is 50.3 Å². The van der Waals surface area contributed by atoms with Gasteiger partial charge in [-0.3, -0.25) is 19.8 Å². The molecular weight excluding hydrogens is 581 g/mol. The third-order valence-corrected chi connectivity index (χ3v) is 9.78. The number of nitriles is 1. The second kappa shape index (κ2) is 11.6. The highest BCUT2D eigenvalue weighted by Crippen LogP contribution is 2.50. The molecule has 0 saturated carbocycles. The predicted molar refractivity (Wildman–Crippen MR) is 159 cm³/mol. The number of nitrogens with one attached hydrogen (secondary N) is 1. The first-order chi connectivity index (χ1) is 19.6. The zero-order valence-corrected chi connectivity index (χ0v) is 25.4. The summed E-state index contributed by atoms with van der Waals surface area (Å²) >= 11 is 3.82. The lowest BCUT2D eigenvalue weighted by Gasteiger charge is -2.42. The molecule has 5 rings (SSSR count). The Morgan fingerprint density at radius 3 is 2.63 bits per heavy atom. The summed E-state index contributed by atoms with van der Waals surface area (Å²) in [6, 6.07) is 9.60. The van der Waals surface area contributed by atoms with Crippen LogP contribution in [0.1, 0.15) is 50.1 Å². The van der Waals surface area contributed by atoms with Gasteiger partial charge < -0.3 is 10.5 Å². The number of hydrogen-bond donors (Lipinski definition) is 2. The van der Waals surface area contributed by atoms with E-state index < -0.39 is 5.92 Å². The van der Waals surface area contributed by atoms with Crippen molar-refractivity contribution in [1.29, 1.82) is 5.26 Å².